The lowest BCUT2D eigenvalue weighted by Gasteiger charge is -2.28. The molecule has 0 aromatic carbocycles. The Hall–Kier alpha value is -0.570. The zero-order valence-corrected chi connectivity index (χ0v) is 21.1. The van der Waals surface area contributed by atoms with Gasteiger partial charge in [0.15, 0.2) is 0 Å². The molecule has 0 amide bonds. The van der Waals surface area contributed by atoms with Gasteiger partial charge in [-0.25, -0.2) is 0 Å². The van der Waals surface area contributed by atoms with E-state index in [0.717, 1.165) is 71.2 Å². The number of rotatable bonds is 21. The minimum absolute atomic E-state index is 0.240. The molecule has 0 aliphatic carbocycles. The van der Waals surface area contributed by atoms with Crippen LogP contribution in [0.5, 0.6) is 0 Å². The summed E-state index contributed by atoms with van der Waals surface area (Å²) in [5.41, 5.74) is 0. The Morgan fingerprint density at radius 1 is 0.600 bits per heavy atom. The van der Waals surface area contributed by atoms with E-state index in [1.54, 1.807) is 0 Å². The number of ether oxygens (including phenoxy) is 2. The fourth-order valence-corrected chi connectivity index (χ4v) is 4.39. The van der Waals surface area contributed by atoms with Crippen molar-refractivity contribution in [3.63, 3.8) is 0 Å². The summed E-state index contributed by atoms with van der Waals surface area (Å²) < 4.78 is 99.6. The van der Waals surface area contributed by atoms with Crippen molar-refractivity contribution < 1.29 is 40.2 Å². The SMILES string of the molecule is FC(F)(F)C(F)(F)C(F)(F)CCCCCCCCCCCCCCCCOCCC1CCCCO1. The van der Waals surface area contributed by atoms with Crippen molar-refractivity contribution in [3.05, 3.63) is 0 Å². The van der Waals surface area contributed by atoms with E-state index in [2.05, 4.69) is 0 Å². The molecule has 210 valence electrons. The third-order valence-electron chi connectivity index (χ3n) is 6.70. The Kier molecular flexibility index (Phi) is 16.5. The molecule has 1 atom stereocenters. The lowest BCUT2D eigenvalue weighted by Crippen LogP contribution is -2.51. The number of unbranched alkanes of at least 4 members (excludes halogenated alkanes) is 13. The fourth-order valence-electron chi connectivity index (χ4n) is 4.39. The summed E-state index contributed by atoms with van der Waals surface area (Å²) in [6.45, 7) is 2.51. The van der Waals surface area contributed by atoms with Crippen LogP contribution in [-0.4, -0.2) is 43.9 Å². The molecule has 1 rings (SSSR count). The number of hydrogen-bond acceptors (Lipinski definition) is 2. The smallest absolute Gasteiger partial charge is 0.381 e. The first-order valence-corrected chi connectivity index (χ1v) is 13.6. The van der Waals surface area contributed by atoms with Gasteiger partial charge in [-0.1, -0.05) is 77.0 Å². The summed E-state index contributed by atoms with van der Waals surface area (Å²) >= 11 is 0. The molecule has 1 heterocycles. The monoisotopic (exact) mass is 522 g/mol. The number of alkyl halides is 7. The lowest BCUT2D eigenvalue weighted by atomic mass is 10.0. The predicted octanol–water partition coefficient (Wildman–Crippen LogP) is 9.65. The highest BCUT2D eigenvalue weighted by Crippen LogP contribution is 2.48. The highest BCUT2D eigenvalue weighted by Gasteiger charge is 2.72. The molecule has 0 spiro atoms. The van der Waals surface area contributed by atoms with Gasteiger partial charge in [0.1, 0.15) is 0 Å². The topological polar surface area (TPSA) is 18.5 Å². The minimum Gasteiger partial charge on any atom is -0.381 e. The standard InChI is InChI=1S/C26H45F7O2/c27-24(28,25(29,30)26(31,32)33)19-14-11-9-7-5-3-1-2-4-6-8-10-12-15-20-34-22-18-23-17-13-16-21-35-23/h23H,1-22H2. The molecule has 1 saturated heterocycles. The highest BCUT2D eigenvalue weighted by molar-refractivity contribution is 4.90. The van der Waals surface area contributed by atoms with Gasteiger partial charge in [0.05, 0.1) is 6.10 Å². The van der Waals surface area contributed by atoms with E-state index in [0.29, 0.717) is 12.5 Å². The third-order valence-corrected chi connectivity index (χ3v) is 6.70. The van der Waals surface area contributed by atoms with Gasteiger partial charge in [0.2, 0.25) is 0 Å². The summed E-state index contributed by atoms with van der Waals surface area (Å²) in [5.74, 6) is -11.0. The molecule has 0 aromatic rings. The van der Waals surface area contributed by atoms with Crippen LogP contribution in [0, 0.1) is 0 Å². The maximum atomic E-state index is 13.2. The van der Waals surface area contributed by atoms with Crippen LogP contribution >= 0.6 is 0 Å². The van der Waals surface area contributed by atoms with Gasteiger partial charge in [-0.3, -0.25) is 0 Å². The van der Waals surface area contributed by atoms with Crippen molar-refractivity contribution in [2.24, 2.45) is 0 Å². The van der Waals surface area contributed by atoms with Crippen LogP contribution in [0.2, 0.25) is 0 Å². The Morgan fingerprint density at radius 2 is 1.09 bits per heavy atom. The Labute approximate surface area is 206 Å². The van der Waals surface area contributed by atoms with Gasteiger partial charge < -0.3 is 9.47 Å². The summed E-state index contributed by atoms with van der Waals surface area (Å²) in [4.78, 5) is 0. The molecule has 0 aromatic heterocycles. The van der Waals surface area contributed by atoms with Crippen LogP contribution in [0.25, 0.3) is 0 Å². The lowest BCUT2D eigenvalue weighted by molar-refractivity contribution is -0.355. The van der Waals surface area contributed by atoms with Crippen molar-refractivity contribution >= 4 is 0 Å². The summed E-state index contributed by atoms with van der Waals surface area (Å²) in [5, 5.41) is 0. The highest BCUT2D eigenvalue weighted by atomic mass is 19.4. The summed E-state index contributed by atoms with van der Waals surface area (Å²) in [6, 6.07) is 0. The molecular weight excluding hydrogens is 477 g/mol. The normalized spacial score (nSPS) is 17.7. The van der Waals surface area contributed by atoms with Crippen molar-refractivity contribution in [1.82, 2.24) is 0 Å². The second kappa shape index (κ2) is 17.8. The van der Waals surface area contributed by atoms with Crippen LogP contribution in [0.4, 0.5) is 30.7 Å². The number of halogens is 7. The Morgan fingerprint density at radius 3 is 1.54 bits per heavy atom. The molecule has 2 nitrogen and oxygen atoms in total. The fraction of sp³-hybridized carbons (Fsp3) is 1.00. The van der Waals surface area contributed by atoms with E-state index in [9.17, 15) is 30.7 Å². The van der Waals surface area contributed by atoms with Crippen LogP contribution < -0.4 is 0 Å². The molecule has 0 N–H and O–H groups in total. The zero-order chi connectivity index (χ0) is 26.0. The molecular formula is C26H45F7O2. The van der Waals surface area contributed by atoms with Gasteiger partial charge in [-0.2, -0.15) is 30.7 Å². The molecule has 1 aliphatic heterocycles. The van der Waals surface area contributed by atoms with Crippen molar-refractivity contribution in [2.75, 3.05) is 19.8 Å². The third kappa shape index (κ3) is 14.1. The van der Waals surface area contributed by atoms with Crippen molar-refractivity contribution in [3.8, 4) is 0 Å². The quantitative estimate of drug-likeness (QED) is 0.110. The molecule has 35 heavy (non-hydrogen) atoms. The first kappa shape index (κ1) is 32.5. The van der Waals surface area contributed by atoms with E-state index in [1.807, 2.05) is 0 Å². The van der Waals surface area contributed by atoms with E-state index < -0.39 is 24.4 Å². The van der Waals surface area contributed by atoms with Gasteiger partial charge >= 0.3 is 18.0 Å². The molecule has 1 fully saturated rings. The van der Waals surface area contributed by atoms with Crippen molar-refractivity contribution in [1.29, 1.82) is 0 Å². The van der Waals surface area contributed by atoms with E-state index in [-0.39, 0.29) is 12.8 Å². The largest absolute Gasteiger partial charge is 0.459 e. The predicted molar refractivity (Wildman–Crippen MR) is 124 cm³/mol. The number of hydrogen-bond donors (Lipinski definition) is 0. The van der Waals surface area contributed by atoms with E-state index in [4.69, 9.17) is 9.47 Å². The van der Waals surface area contributed by atoms with Crippen LogP contribution in [-0.2, 0) is 9.47 Å². The minimum atomic E-state index is -6.23. The van der Waals surface area contributed by atoms with Crippen LogP contribution in [0.15, 0.2) is 0 Å². The second-order valence-corrected chi connectivity index (χ2v) is 9.87. The van der Waals surface area contributed by atoms with Gasteiger partial charge in [0, 0.05) is 26.2 Å². The second-order valence-electron chi connectivity index (χ2n) is 9.87. The van der Waals surface area contributed by atoms with Gasteiger partial charge in [0.25, 0.3) is 0 Å². The molecule has 0 radical (unpaired) electrons. The molecule has 0 bridgehead atoms. The molecule has 0 saturated carbocycles. The molecule has 1 unspecified atom stereocenters. The summed E-state index contributed by atoms with van der Waals surface area (Å²) in [7, 11) is 0. The zero-order valence-electron chi connectivity index (χ0n) is 21.1. The van der Waals surface area contributed by atoms with E-state index >= 15 is 0 Å². The molecule has 9 heteroatoms. The average Bonchev–Trinajstić information content (AvgIpc) is 2.80. The Balaban J connectivity index is 1.79. The maximum Gasteiger partial charge on any atom is 0.459 e. The maximum absolute atomic E-state index is 13.2. The average molecular weight is 523 g/mol. The Bertz CT molecular complexity index is 506. The van der Waals surface area contributed by atoms with Gasteiger partial charge in [-0.15, -0.1) is 0 Å². The first-order valence-electron chi connectivity index (χ1n) is 13.6. The van der Waals surface area contributed by atoms with Crippen LogP contribution in [0.3, 0.4) is 0 Å². The van der Waals surface area contributed by atoms with E-state index in [1.165, 1.54) is 44.9 Å². The molecule has 1 aliphatic rings. The summed E-state index contributed by atoms with van der Waals surface area (Å²) in [6.07, 6.45) is 10.0. The van der Waals surface area contributed by atoms with Crippen LogP contribution in [0.1, 0.15) is 122 Å². The van der Waals surface area contributed by atoms with Gasteiger partial charge in [-0.05, 0) is 38.5 Å². The van der Waals surface area contributed by atoms with Crippen molar-refractivity contribution in [2.45, 2.75) is 146 Å². The first-order chi connectivity index (χ1) is 16.6.